The lowest BCUT2D eigenvalue weighted by Gasteiger charge is -2.31. The zero-order chi connectivity index (χ0) is 16.5. The lowest BCUT2D eigenvalue weighted by Crippen LogP contribution is -2.35. The summed E-state index contributed by atoms with van der Waals surface area (Å²) in [7, 11) is 0. The predicted octanol–water partition coefficient (Wildman–Crippen LogP) is 1.74. The number of unbranched alkanes of at least 4 members (excludes halogenated alkanes) is 3. The highest BCUT2D eigenvalue weighted by molar-refractivity contribution is 5.71. The van der Waals surface area contributed by atoms with Gasteiger partial charge in [0.15, 0.2) is 0 Å². The van der Waals surface area contributed by atoms with Crippen molar-refractivity contribution in [2.75, 3.05) is 19.6 Å². The van der Waals surface area contributed by atoms with Crippen LogP contribution in [-0.2, 0) is 13.1 Å². The Kier molecular flexibility index (Phi) is 7.32. The zero-order valence-electron chi connectivity index (χ0n) is 14.2. The molecule has 7 heteroatoms. The third kappa shape index (κ3) is 6.56. The summed E-state index contributed by atoms with van der Waals surface area (Å²) < 4.78 is 1.89. The summed E-state index contributed by atoms with van der Waals surface area (Å²) in [4.78, 5) is 13.3. The topological polar surface area (TPSA) is 89.1 Å². The Labute approximate surface area is 138 Å². The van der Waals surface area contributed by atoms with Crippen molar-refractivity contribution in [1.29, 1.82) is 0 Å². The van der Waals surface area contributed by atoms with Crippen LogP contribution in [-0.4, -0.2) is 45.6 Å². The molecule has 2 amide bonds. The Balaban J connectivity index is 1.65. The van der Waals surface area contributed by atoms with Gasteiger partial charge >= 0.3 is 6.03 Å². The number of likely N-dealkylation sites (tertiary alicyclic amines) is 1. The number of aromatic nitrogens is 3. The van der Waals surface area contributed by atoms with Crippen molar-refractivity contribution in [3.8, 4) is 0 Å². The second-order valence-electron chi connectivity index (χ2n) is 6.50. The third-order valence-corrected chi connectivity index (χ3v) is 4.51. The van der Waals surface area contributed by atoms with Crippen molar-refractivity contribution in [3.63, 3.8) is 0 Å². The van der Waals surface area contributed by atoms with Crippen LogP contribution in [0.3, 0.4) is 0 Å². The highest BCUT2D eigenvalue weighted by Crippen LogP contribution is 2.19. The van der Waals surface area contributed by atoms with Gasteiger partial charge < -0.3 is 16.0 Å². The molecule has 0 radical (unpaired) electrons. The Hall–Kier alpha value is -1.63. The van der Waals surface area contributed by atoms with Crippen LogP contribution in [0.1, 0.15) is 51.1 Å². The largest absolute Gasteiger partial charge is 0.352 e. The molecule has 1 fully saturated rings. The van der Waals surface area contributed by atoms with Gasteiger partial charge in [0.25, 0.3) is 0 Å². The fourth-order valence-corrected chi connectivity index (χ4v) is 3.11. The van der Waals surface area contributed by atoms with Crippen molar-refractivity contribution < 1.29 is 4.79 Å². The molecular weight excluding hydrogens is 292 g/mol. The Morgan fingerprint density at radius 1 is 1.35 bits per heavy atom. The number of amides is 2. The van der Waals surface area contributed by atoms with Gasteiger partial charge in [0.2, 0.25) is 0 Å². The van der Waals surface area contributed by atoms with Crippen LogP contribution in [0.4, 0.5) is 4.79 Å². The average Bonchev–Trinajstić information content (AvgIpc) is 2.99. The van der Waals surface area contributed by atoms with Crippen LogP contribution < -0.4 is 11.1 Å². The molecule has 3 N–H and O–H groups in total. The van der Waals surface area contributed by atoms with E-state index >= 15 is 0 Å². The number of nitrogens with two attached hydrogens (primary N) is 1. The molecule has 7 nitrogen and oxygen atoms in total. The SMILES string of the molecule is CCCCCCN1CCC(Cn2cc(CNC(N)=O)nn2)CC1. The summed E-state index contributed by atoms with van der Waals surface area (Å²) in [5, 5.41) is 10.7. The monoisotopic (exact) mass is 322 g/mol. The quantitative estimate of drug-likeness (QED) is 0.678. The van der Waals surface area contributed by atoms with E-state index in [1.807, 2.05) is 10.9 Å². The smallest absolute Gasteiger partial charge is 0.312 e. The Morgan fingerprint density at radius 2 is 2.13 bits per heavy atom. The molecule has 1 aliphatic rings. The Morgan fingerprint density at radius 3 is 2.83 bits per heavy atom. The van der Waals surface area contributed by atoms with Gasteiger partial charge in [-0.05, 0) is 44.8 Å². The normalized spacial score (nSPS) is 16.6. The first-order valence-corrected chi connectivity index (χ1v) is 8.82. The lowest BCUT2D eigenvalue weighted by molar-refractivity contribution is 0.168. The van der Waals surface area contributed by atoms with Crippen LogP contribution in [0.25, 0.3) is 0 Å². The van der Waals surface area contributed by atoms with E-state index < -0.39 is 6.03 Å². The molecule has 1 aromatic heterocycles. The van der Waals surface area contributed by atoms with Crippen molar-refractivity contribution in [3.05, 3.63) is 11.9 Å². The number of carbonyl (C=O) groups is 1. The van der Waals surface area contributed by atoms with E-state index in [0.717, 1.165) is 12.2 Å². The number of carbonyl (C=O) groups excluding carboxylic acids is 1. The number of primary amides is 1. The van der Waals surface area contributed by atoms with Gasteiger partial charge in [-0.25, -0.2) is 4.79 Å². The van der Waals surface area contributed by atoms with E-state index in [4.69, 9.17) is 5.73 Å². The minimum atomic E-state index is -0.536. The summed E-state index contributed by atoms with van der Waals surface area (Å²) >= 11 is 0. The van der Waals surface area contributed by atoms with Gasteiger partial charge in [0, 0.05) is 6.54 Å². The molecule has 0 bridgehead atoms. The number of hydrogen-bond acceptors (Lipinski definition) is 4. The number of piperidine rings is 1. The molecule has 130 valence electrons. The second kappa shape index (κ2) is 9.50. The van der Waals surface area contributed by atoms with E-state index in [9.17, 15) is 4.79 Å². The summed E-state index contributed by atoms with van der Waals surface area (Å²) in [6, 6.07) is -0.536. The van der Waals surface area contributed by atoms with Gasteiger partial charge in [-0.1, -0.05) is 31.4 Å². The van der Waals surface area contributed by atoms with Gasteiger partial charge in [0.05, 0.1) is 12.7 Å². The van der Waals surface area contributed by atoms with Gasteiger partial charge in [0.1, 0.15) is 5.69 Å². The van der Waals surface area contributed by atoms with Crippen molar-refractivity contribution in [2.24, 2.45) is 11.7 Å². The maximum Gasteiger partial charge on any atom is 0.312 e. The van der Waals surface area contributed by atoms with Crippen LogP contribution in [0.2, 0.25) is 0 Å². The van der Waals surface area contributed by atoms with E-state index in [2.05, 4.69) is 27.5 Å². The maximum absolute atomic E-state index is 10.7. The molecule has 1 aliphatic heterocycles. The van der Waals surface area contributed by atoms with Gasteiger partial charge in [-0.3, -0.25) is 4.68 Å². The number of rotatable bonds is 9. The lowest BCUT2D eigenvalue weighted by atomic mass is 9.96. The minimum absolute atomic E-state index is 0.339. The van der Waals surface area contributed by atoms with Crippen LogP contribution >= 0.6 is 0 Å². The number of urea groups is 1. The fraction of sp³-hybridized carbons (Fsp3) is 0.812. The number of nitrogens with zero attached hydrogens (tertiary/aromatic N) is 4. The van der Waals surface area contributed by atoms with Crippen molar-refractivity contribution >= 4 is 6.03 Å². The number of nitrogens with one attached hydrogen (secondary N) is 1. The molecule has 23 heavy (non-hydrogen) atoms. The van der Waals surface area contributed by atoms with Crippen LogP contribution in [0.5, 0.6) is 0 Å². The molecule has 0 spiro atoms. The van der Waals surface area contributed by atoms with E-state index in [1.54, 1.807) is 0 Å². The number of hydrogen-bond donors (Lipinski definition) is 2. The third-order valence-electron chi connectivity index (χ3n) is 4.51. The molecule has 0 atom stereocenters. The molecule has 2 heterocycles. The highest BCUT2D eigenvalue weighted by Gasteiger charge is 2.19. The van der Waals surface area contributed by atoms with Gasteiger partial charge in [-0.15, -0.1) is 5.10 Å². The first-order valence-electron chi connectivity index (χ1n) is 8.82. The summed E-state index contributed by atoms with van der Waals surface area (Å²) in [6.45, 7) is 7.14. The molecular formula is C16H30N6O. The molecule has 2 rings (SSSR count). The van der Waals surface area contributed by atoms with Crippen molar-refractivity contribution in [2.45, 2.75) is 58.5 Å². The molecule has 1 aromatic rings. The fourth-order valence-electron chi connectivity index (χ4n) is 3.11. The average molecular weight is 322 g/mol. The molecule has 0 unspecified atom stereocenters. The highest BCUT2D eigenvalue weighted by atomic mass is 16.2. The summed E-state index contributed by atoms with van der Waals surface area (Å²) in [5.74, 6) is 0.667. The predicted molar refractivity (Wildman–Crippen MR) is 89.8 cm³/mol. The second-order valence-corrected chi connectivity index (χ2v) is 6.50. The molecule has 1 saturated heterocycles. The van der Waals surface area contributed by atoms with E-state index in [1.165, 1.54) is 58.2 Å². The summed E-state index contributed by atoms with van der Waals surface area (Å²) in [6.07, 6.45) is 9.69. The van der Waals surface area contributed by atoms with Crippen molar-refractivity contribution in [1.82, 2.24) is 25.2 Å². The molecule has 0 saturated carbocycles. The maximum atomic E-state index is 10.7. The standard InChI is InChI=1S/C16H30N6O/c1-2-3-4-5-8-21-9-6-14(7-10-21)12-22-13-15(19-20-22)11-18-16(17)23/h13-14H,2-12H2,1H3,(H3,17,18,23). The minimum Gasteiger partial charge on any atom is -0.352 e. The zero-order valence-corrected chi connectivity index (χ0v) is 14.2. The van der Waals surface area contributed by atoms with E-state index in [-0.39, 0.29) is 0 Å². The Bertz CT molecular complexity index is 467. The molecule has 0 aliphatic carbocycles. The van der Waals surface area contributed by atoms with Crippen LogP contribution in [0, 0.1) is 5.92 Å². The first kappa shape index (κ1) is 17.7. The first-order chi connectivity index (χ1) is 11.2. The van der Waals surface area contributed by atoms with Gasteiger partial charge in [-0.2, -0.15) is 0 Å². The summed E-state index contributed by atoms with van der Waals surface area (Å²) in [5.41, 5.74) is 5.80. The van der Waals surface area contributed by atoms with E-state index in [0.29, 0.717) is 12.5 Å². The van der Waals surface area contributed by atoms with Crippen LogP contribution in [0.15, 0.2) is 6.20 Å². The molecule has 0 aromatic carbocycles.